The van der Waals surface area contributed by atoms with E-state index in [-0.39, 0.29) is 6.04 Å². The molecule has 3 N–H and O–H groups in total. The summed E-state index contributed by atoms with van der Waals surface area (Å²) in [5.74, 6) is -0.947. The van der Waals surface area contributed by atoms with Crippen LogP contribution in [-0.2, 0) is 11.3 Å². The monoisotopic (exact) mass is 294 g/mol. The van der Waals surface area contributed by atoms with Gasteiger partial charge in [-0.1, -0.05) is 19.3 Å². The van der Waals surface area contributed by atoms with Gasteiger partial charge in [0, 0.05) is 18.4 Å². The molecule has 0 aromatic carbocycles. The van der Waals surface area contributed by atoms with Crippen LogP contribution in [0.5, 0.6) is 0 Å². The van der Waals surface area contributed by atoms with Crippen molar-refractivity contribution in [3.05, 3.63) is 18.5 Å². The molecule has 1 aliphatic rings. The quantitative estimate of drug-likeness (QED) is 0.764. The number of amides is 2. The molecule has 0 saturated heterocycles. The van der Waals surface area contributed by atoms with Crippen molar-refractivity contribution in [2.75, 3.05) is 0 Å². The molecule has 1 saturated carbocycles. The van der Waals surface area contributed by atoms with E-state index < -0.39 is 17.5 Å². The summed E-state index contributed by atoms with van der Waals surface area (Å²) in [6.45, 7) is 2.40. The van der Waals surface area contributed by atoms with Crippen molar-refractivity contribution in [2.24, 2.45) is 0 Å². The Bertz CT molecular complexity index is 480. The second kappa shape index (κ2) is 6.60. The molecule has 1 aromatic rings. The number of hydrogen-bond acceptors (Lipinski definition) is 3. The Morgan fingerprint density at radius 1 is 1.38 bits per heavy atom. The molecule has 1 aliphatic carbocycles. The molecular formula is C14H22N4O3. The summed E-state index contributed by atoms with van der Waals surface area (Å²) in [5, 5.41) is 18.9. The third-order valence-corrected chi connectivity index (χ3v) is 3.87. The van der Waals surface area contributed by atoms with E-state index in [1.807, 2.05) is 19.2 Å². The maximum atomic E-state index is 12.0. The lowest BCUT2D eigenvalue weighted by Crippen LogP contribution is -2.59. The number of urea groups is 1. The van der Waals surface area contributed by atoms with E-state index in [2.05, 4.69) is 15.7 Å². The number of carbonyl (C=O) groups is 2. The molecule has 0 aliphatic heterocycles. The van der Waals surface area contributed by atoms with Crippen LogP contribution in [0.3, 0.4) is 0 Å². The highest BCUT2D eigenvalue weighted by Gasteiger charge is 2.41. The third-order valence-electron chi connectivity index (χ3n) is 3.87. The molecule has 1 unspecified atom stereocenters. The molecule has 1 atom stereocenters. The van der Waals surface area contributed by atoms with Gasteiger partial charge < -0.3 is 15.7 Å². The van der Waals surface area contributed by atoms with Crippen molar-refractivity contribution in [1.29, 1.82) is 0 Å². The minimum Gasteiger partial charge on any atom is -0.480 e. The Hall–Kier alpha value is -2.05. The standard InChI is InChI=1S/C14H22N4O3/c1-11(10-18-9-5-8-15-18)16-13(21)17-14(12(19)20)6-3-2-4-7-14/h5,8-9,11H,2-4,6-7,10H2,1H3,(H,19,20)(H2,16,17,21). The zero-order chi connectivity index (χ0) is 15.3. The molecule has 0 spiro atoms. The van der Waals surface area contributed by atoms with Crippen LogP contribution in [0, 0.1) is 0 Å². The molecule has 0 bridgehead atoms. The number of carboxylic acids is 1. The fourth-order valence-corrected chi connectivity index (χ4v) is 2.76. The van der Waals surface area contributed by atoms with E-state index in [1.54, 1.807) is 10.9 Å². The lowest BCUT2D eigenvalue weighted by atomic mass is 9.82. The van der Waals surface area contributed by atoms with Crippen LogP contribution >= 0.6 is 0 Å². The molecule has 116 valence electrons. The number of aliphatic carboxylic acids is 1. The van der Waals surface area contributed by atoms with Crippen molar-refractivity contribution < 1.29 is 14.7 Å². The first-order chi connectivity index (χ1) is 10.0. The van der Waals surface area contributed by atoms with Gasteiger partial charge in [0.05, 0.1) is 6.54 Å². The molecule has 21 heavy (non-hydrogen) atoms. The Balaban J connectivity index is 1.88. The number of hydrogen-bond donors (Lipinski definition) is 3. The minimum atomic E-state index is -1.12. The number of aromatic nitrogens is 2. The average molecular weight is 294 g/mol. The lowest BCUT2D eigenvalue weighted by molar-refractivity contribution is -0.145. The second-order valence-electron chi connectivity index (χ2n) is 5.68. The molecule has 2 rings (SSSR count). The summed E-state index contributed by atoms with van der Waals surface area (Å²) < 4.78 is 1.72. The van der Waals surface area contributed by atoms with Crippen LogP contribution in [0.15, 0.2) is 18.5 Å². The SMILES string of the molecule is CC(Cn1cccn1)NC(=O)NC1(C(=O)O)CCCCC1. The normalized spacial score (nSPS) is 18.7. The van der Waals surface area contributed by atoms with Crippen LogP contribution in [0.4, 0.5) is 4.79 Å². The molecule has 1 aromatic heterocycles. The van der Waals surface area contributed by atoms with Gasteiger partial charge in [-0.15, -0.1) is 0 Å². The van der Waals surface area contributed by atoms with Crippen molar-refractivity contribution >= 4 is 12.0 Å². The molecule has 7 nitrogen and oxygen atoms in total. The van der Waals surface area contributed by atoms with Gasteiger partial charge in [-0.25, -0.2) is 9.59 Å². The van der Waals surface area contributed by atoms with Crippen LogP contribution in [0.2, 0.25) is 0 Å². The topological polar surface area (TPSA) is 96.3 Å². The highest BCUT2D eigenvalue weighted by Crippen LogP contribution is 2.28. The first-order valence-corrected chi connectivity index (χ1v) is 7.31. The highest BCUT2D eigenvalue weighted by atomic mass is 16.4. The maximum Gasteiger partial charge on any atom is 0.329 e. The number of rotatable bonds is 5. The first-order valence-electron chi connectivity index (χ1n) is 7.31. The summed E-state index contributed by atoms with van der Waals surface area (Å²) >= 11 is 0. The number of nitrogens with zero attached hydrogens (tertiary/aromatic N) is 2. The number of carboxylic acid groups (broad SMARTS) is 1. The van der Waals surface area contributed by atoms with E-state index in [0.29, 0.717) is 19.4 Å². The molecule has 7 heteroatoms. The van der Waals surface area contributed by atoms with E-state index in [4.69, 9.17) is 0 Å². The molecule has 1 fully saturated rings. The Morgan fingerprint density at radius 2 is 2.10 bits per heavy atom. The van der Waals surface area contributed by atoms with Gasteiger partial charge in [0.1, 0.15) is 5.54 Å². The van der Waals surface area contributed by atoms with E-state index >= 15 is 0 Å². The lowest BCUT2D eigenvalue weighted by Gasteiger charge is -2.34. The zero-order valence-corrected chi connectivity index (χ0v) is 12.2. The van der Waals surface area contributed by atoms with Crippen molar-refractivity contribution in [3.8, 4) is 0 Å². The van der Waals surface area contributed by atoms with Crippen LogP contribution < -0.4 is 10.6 Å². The Kier molecular flexibility index (Phi) is 4.82. The molecule has 1 heterocycles. The van der Waals surface area contributed by atoms with Crippen molar-refractivity contribution in [1.82, 2.24) is 20.4 Å². The fraction of sp³-hybridized carbons (Fsp3) is 0.643. The number of nitrogens with one attached hydrogen (secondary N) is 2. The fourth-order valence-electron chi connectivity index (χ4n) is 2.76. The predicted octanol–water partition coefficient (Wildman–Crippen LogP) is 1.36. The second-order valence-corrected chi connectivity index (χ2v) is 5.68. The Labute approximate surface area is 123 Å². The van der Waals surface area contributed by atoms with Crippen molar-refractivity contribution in [3.63, 3.8) is 0 Å². The summed E-state index contributed by atoms with van der Waals surface area (Å²) in [6.07, 6.45) is 7.15. The molecule has 2 amide bonds. The average Bonchev–Trinajstić information content (AvgIpc) is 2.92. The van der Waals surface area contributed by atoms with Crippen LogP contribution in [0.25, 0.3) is 0 Å². The summed E-state index contributed by atoms with van der Waals surface area (Å²) in [5.41, 5.74) is -1.12. The van der Waals surface area contributed by atoms with Gasteiger partial charge in [0.25, 0.3) is 0 Å². The summed E-state index contributed by atoms with van der Waals surface area (Å²) in [4.78, 5) is 23.5. The highest BCUT2D eigenvalue weighted by molar-refractivity contribution is 5.86. The smallest absolute Gasteiger partial charge is 0.329 e. The van der Waals surface area contributed by atoms with Gasteiger partial charge in [0.15, 0.2) is 0 Å². The van der Waals surface area contributed by atoms with E-state index in [0.717, 1.165) is 19.3 Å². The number of carbonyl (C=O) groups excluding carboxylic acids is 1. The third kappa shape index (κ3) is 3.96. The van der Waals surface area contributed by atoms with Crippen LogP contribution in [-0.4, -0.2) is 38.5 Å². The summed E-state index contributed by atoms with van der Waals surface area (Å²) in [7, 11) is 0. The Morgan fingerprint density at radius 3 is 2.67 bits per heavy atom. The largest absolute Gasteiger partial charge is 0.480 e. The minimum absolute atomic E-state index is 0.140. The van der Waals surface area contributed by atoms with Crippen molar-refractivity contribution in [2.45, 2.75) is 57.2 Å². The van der Waals surface area contributed by atoms with Gasteiger partial charge in [-0.2, -0.15) is 5.10 Å². The zero-order valence-electron chi connectivity index (χ0n) is 12.2. The predicted molar refractivity (Wildman–Crippen MR) is 76.8 cm³/mol. The first kappa shape index (κ1) is 15.3. The maximum absolute atomic E-state index is 12.0. The van der Waals surface area contributed by atoms with E-state index in [1.165, 1.54) is 0 Å². The van der Waals surface area contributed by atoms with Gasteiger partial charge in [0.2, 0.25) is 0 Å². The van der Waals surface area contributed by atoms with E-state index in [9.17, 15) is 14.7 Å². The van der Waals surface area contributed by atoms with Crippen LogP contribution in [0.1, 0.15) is 39.0 Å². The summed E-state index contributed by atoms with van der Waals surface area (Å²) in [6, 6.07) is 1.24. The molecular weight excluding hydrogens is 272 g/mol. The van der Waals surface area contributed by atoms with Gasteiger partial charge in [-0.05, 0) is 25.8 Å². The van der Waals surface area contributed by atoms with Gasteiger partial charge >= 0.3 is 12.0 Å². The van der Waals surface area contributed by atoms with Gasteiger partial charge in [-0.3, -0.25) is 4.68 Å². The molecule has 0 radical (unpaired) electrons.